The molecular weight excluding hydrogens is 322 g/mol. The van der Waals surface area contributed by atoms with Gasteiger partial charge in [-0.1, -0.05) is 11.6 Å². The van der Waals surface area contributed by atoms with Crippen molar-refractivity contribution < 1.29 is 9.66 Å². The number of hydrogen-bond donors (Lipinski definition) is 1. The second-order valence-corrected chi connectivity index (χ2v) is 5.32. The predicted molar refractivity (Wildman–Crippen MR) is 86.5 cm³/mol. The molecule has 8 nitrogen and oxygen atoms in total. The third kappa shape index (κ3) is 3.49. The van der Waals surface area contributed by atoms with Gasteiger partial charge < -0.3 is 15.0 Å². The van der Waals surface area contributed by atoms with Gasteiger partial charge in [0.15, 0.2) is 0 Å². The van der Waals surface area contributed by atoms with Crippen molar-refractivity contribution in [2.45, 2.75) is 0 Å². The SMILES string of the molecule is O=[N+]([O-])c1c(Nc2ccc(Cl)cc2)ncnc1N1CCOCC1. The number of rotatable bonds is 4. The average molecular weight is 336 g/mol. The molecule has 1 aliphatic heterocycles. The van der Waals surface area contributed by atoms with Crippen molar-refractivity contribution in [2.75, 3.05) is 36.5 Å². The van der Waals surface area contributed by atoms with E-state index in [2.05, 4.69) is 15.3 Å². The summed E-state index contributed by atoms with van der Waals surface area (Å²) in [6.45, 7) is 2.14. The van der Waals surface area contributed by atoms with Crippen LogP contribution in [0.2, 0.25) is 5.02 Å². The maximum absolute atomic E-state index is 11.5. The molecule has 1 aromatic carbocycles. The van der Waals surface area contributed by atoms with Gasteiger partial charge in [0.2, 0.25) is 11.6 Å². The van der Waals surface area contributed by atoms with Crippen molar-refractivity contribution in [3.05, 3.63) is 45.7 Å². The van der Waals surface area contributed by atoms with Crippen LogP contribution in [0, 0.1) is 10.1 Å². The first-order valence-electron chi connectivity index (χ1n) is 7.00. The molecule has 9 heteroatoms. The van der Waals surface area contributed by atoms with E-state index in [4.69, 9.17) is 16.3 Å². The van der Waals surface area contributed by atoms with Gasteiger partial charge in [-0.25, -0.2) is 9.97 Å². The molecule has 2 aromatic rings. The summed E-state index contributed by atoms with van der Waals surface area (Å²) in [7, 11) is 0. The molecule has 1 saturated heterocycles. The van der Waals surface area contributed by atoms with Gasteiger partial charge in [0, 0.05) is 23.8 Å². The van der Waals surface area contributed by atoms with Crippen LogP contribution in [0.1, 0.15) is 0 Å². The van der Waals surface area contributed by atoms with Crippen LogP contribution in [-0.2, 0) is 4.74 Å². The first-order valence-corrected chi connectivity index (χ1v) is 7.37. The van der Waals surface area contributed by atoms with E-state index in [1.807, 2.05) is 4.90 Å². The second-order valence-electron chi connectivity index (χ2n) is 4.88. The first kappa shape index (κ1) is 15.4. The number of halogens is 1. The van der Waals surface area contributed by atoms with E-state index < -0.39 is 4.92 Å². The molecule has 0 atom stereocenters. The zero-order chi connectivity index (χ0) is 16.2. The minimum Gasteiger partial charge on any atom is -0.378 e. The van der Waals surface area contributed by atoms with Crippen molar-refractivity contribution in [3.63, 3.8) is 0 Å². The molecule has 0 aliphatic carbocycles. The van der Waals surface area contributed by atoms with Gasteiger partial charge in [-0.3, -0.25) is 10.1 Å². The molecular formula is C14H14ClN5O3. The maximum atomic E-state index is 11.5. The Morgan fingerprint density at radius 2 is 1.91 bits per heavy atom. The van der Waals surface area contributed by atoms with Gasteiger partial charge in [-0.15, -0.1) is 0 Å². The topological polar surface area (TPSA) is 93.4 Å². The molecule has 1 N–H and O–H groups in total. The van der Waals surface area contributed by atoms with E-state index in [9.17, 15) is 10.1 Å². The number of nitrogens with one attached hydrogen (secondary N) is 1. The lowest BCUT2D eigenvalue weighted by molar-refractivity contribution is -0.383. The molecule has 120 valence electrons. The van der Waals surface area contributed by atoms with Crippen molar-refractivity contribution in [2.24, 2.45) is 0 Å². The fourth-order valence-corrected chi connectivity index (χ4v) is 2.43. The van der Waals surface area contributed by atoms with E-state index >= 15 is 0 Å². The van der Waals surface area contributed by atoms with Gasteiger partial charge in [-0.05, 0) is 24.3 Å². The van der Waals surface area contributed by atoms with Crippen molar-refractivity contribution in [1.29, 1.82) is 0 Å². The Morgan fingerprint density at radius 1 is 1.22 bits per heavy atom. The summed E-state index contributed by atoms with van der Waals surface area (Å²) in [5, 5.41) is 15.1. The van der Waals surface area contributed by atoms with Crippen LogP contribution in [0.3, 0.4) is 0 Å². The number of morpholine rings is 1. The molecule has 0 spiro atoms. The molecule has 0 bridgehead atoms. The van der Waals surface area contributed by atoms with Gasteiger partial charge in [0.1, 0.15) is 6.33 Å². The van der Waals surface area contributed by atoms with E-state index in [0.29, 0.717) is 42.8 Å². The van der Waals surface area contributed by atoms with Crippen molar-refractivity contribution in [3.8, 4) is 0 Å². The van der Waals surface area contributed by atoms with Gasteiger partial charge >= 0.3 is 5.69 Å². The summed E-state index contributed by atoms with van der Waals surface area (Å²) in [5.74, 6) is 0.443. The molecule has 0 amide bonds. The van der Waals surface area contributed by atoms with Crippen LogP contribution in [0.25, 0.3) is 0 Å². The Bertz CT molecular complexity index is 704. The molecule has 0 unspecified atom stereocenters. The number of hydrogen-bond acceptors (Lipinski definition) is 7. The third-order valence-corrected chi connectivity index (χ3v) is 3.66. The summed E-state index contributed by atoms with van der Waals surface area (Å²) in [4.78, 5) is 21.0. The van der Waals surface area contributed by atoms with Crippen molar-refractivity contribution in [1.82, 2.24) is 9.97 Å². The molecule has 1 fully saturated rings. The highest BCUT2D eigenvalue weighted by Crippen LogP contribution is 2.33. The second kappa shape index (κ2) is 6.76. The van der Waals surface area contributed by atoms with E-state index in [0.717, 1.165) is 0 Å². The zero-order valence-electron chi connectivity index (χ0n) is 12.1. The number of nitrogens with zero attached hydrogens (tertiary/aromatic N) is 4. The van der Waals surface area contributed by atoms with Crippen LogP contribution in [0.15, 0.2) is 30.6 Å². The standard InChI is InChI=1S/C14H14ClN5O3/c15-10-1-3-11(4-2-10)18-13-12(20(21)22)14(17-9-16-13)19-5-7-23-8-6-19/h1-4,9H,5-8H2,(H,16,17,18). The minimum atomic E-state index is -0.469. The highest BCUT2D eigenvalue weighted by molar-refractivity contribution is 6.30. The quantitative estimate of drug-likeness (QED) is 0.678. The first-order chi connectivity index (χ1) is 11.1. The van der Waals surface area contributed by atoms with Crippen molar-refractivity contribution >= 4 is 34.6 Å². The minimum absolute atomic E-state index is 0.147. The molecule has 1 aliphatic rings. The summed E-state index contributed by atoms with van der Waals surface area (Å²) >= 11 is 5.84. The van der Waals surface area contributed by atoms with Crippen LogP contribution in [0.4, 0.5) is 23.0 Å². The number of benzene rings is 1. The predicted octanol–water partition coefficient (Wildman–Crippen LogP) is 2.62. The normalized spacial score (nSPS) is 14.6. The molecule has 0 radical (unpaired) electrons. The van der Waals surface area contributed by atoms with E-state index in [-0.39, 0.29) is 11.5 Å². The third-order valence-electron chi connectivity index (χ3n) is 3.40. The lowest BCUT2D eigenvalue weighted by Gasteiger charge is -2.27. The molecule has 0 saturated carbocycles. The molecule has 3 rings (SSSR count). The van der Waals surface area contributed by atoms with Crippen LogP contribution < -0.4 is 10.2 Å². The Balaban J connectivity index is 1.95. The van der Waals surface area contributed by atoms with Crippen LogP contribution >= 0.6 is 11.6 Å². The number of aromatic nitrogens is 2. The average Bonchev–Trinajstić information content (AvgIpc) is 2.57. The Labute approximate surface area is 137 Å². The maximum Gasteiger partial charge on any atom is 0.353 e. The van der Waals surface area contributed by atoms with E-state index in [1.54, 1.807) is 24.3 Å². The lowest BCUT2D eigenvalue weighted by atomic mass is 10.3. The largest absolute Gasteiger partial charge is 0.378 e. The summed E-state index contributed by atoms with van der Waals surface area (Å²) in [5.41, 5.74) is 0.508. The summed E-state index contributed by atoms with van der Waals surface area (Å²) in [6, 6.07) is 6.84. The highest BCUT2D eigenvalue weighted by Gasteiger charge is 2.28. The number of ether oxygens (including phenoxy) is 1. The molecule has 2 heterocycles. The zero-order valence-corrected chi connectivity index (χ0v) is 12.9. The van der Waals surface area contributed by atoms with Gasteiger partial charge in [-0.2, -0.15) is 0 Å². The van der Waals surface area contributed by atoms with Crippen LogP contribution in [0.5, 0.6) is 0 Å². The molecule has 1 aromatic heterocycles. The van der Waals surface area contributed by atoms with Gasteiger partial charge in [0.05, 0.1) is 18.1 Å². The summed E-state index contributed by atoms with van der Waals surface area (Å²) < 4.78 is 5.28. The fraction of sp³-hybridized carbons (Fsp3) is 0.286. The molecule has 23 heavy (non-hydrogen) atoms. The smallest absolute Gasteiger partial charge is 0.353 e. The number of nitro groups is 1. The number of anilines is 3. The van der Waals surface area contributed by atoms with Gasteiger partial charge in [0.25, 0.3) is 0 Å². The van der Waals surface area contributed by atoms with E-state index in [1.165, 1.54) is 6.33 Å². The monoisotopic (exact) mass is 335 g/mol. The lowest BCUT2D eigenvalue weighted by Crippen LogP contribution is -2.37. The van der Waals surface area contributed by atoms with Crippen LogP contribution in [-0.4, -0.2) is 41.2 Å². The fourth-order valence-electron chi connectivity index (χ4n) is 2.31. The Kier molecular flexibility index (Phi) is 4.54. The Hall–Kier alpha value is -2.45. The highest BCUT2D eigenvalue weighted by atomic mass is 35.5. The summed E-state index contributed by atoms with van der Waals surface area (Å²) in [6.07, 6.45) is 1.32. The Morgan fingerprint density at radius 3 is 2.57 bits per heavy atom.